The van der Waals surface area contributed by atoms with Crippen LogP contribution in [0.15, 0.2) is 0 Å². The number of esters is 1. The Morgan fingerprint density at radius 2 is 2.10 bits per heavy atom. The summed E-state index contributed by atoms with van der Waals surface area (Å²) in [7, 11) is 1.33. The van der Waals surface area contributed by atoms with Gasteiger partial charge in [-0.2, -0.15) is 0 Å². The molecule has 0 aromatic carbocycles. The van der Waals surface area contributed by atoms with E-state index in [-0.39, 0.29) is 18.6 Å². The molecule has 0 radical (unpaired) electrons. The third-order valence-electron chi connectivity index (χ3n) is 3.84. The van der Waals surface area contributed by atoms with Gasteiger partial charge in [0.05, 0.1) is 26.4 Å². The molecule has 2 heterocycles. The number of carbonyl (C=O) groups excluding carboxylic acids is 2. The Balaban J connectivity index is 1.75. The summed E-state index contributed by atoms with van der Waals surface area (Å²) in [6.45, 7) is 2.02. The Hall–Kier alpha value is -1.14. The monoisotopic (exact) mass is 285 g/mol. The molecule has 2 rings (SSSR count). The fourth-order valence-electron chi connectivity index (χ4n) is 2.63. The van der Waals surface area contributed by atoms with E-state index in [1.54, 1.807) is 4.90 Å². The zero-order valence-corrected chi connectivity index (χ0v) is 12.0. The number of morpholine rings is 1. The first kappa shape index (κ1) is 15.3. The molecule has 2 aliphatic rings. The summed E-state index contributed by atoms with van der Waals surface area (Å²) in [6, 6.07) is 0. The lowest BCUT2D eigenvalue weighted by atomic mass is 10.0. The fourth-order valence-corrected chi connectivity index (χ4v) is 2.63. The number of hydrogen-bond donors (Lipinski definition) is 0. The third kappa shape index (κ3) is 4.18. The Bertz CT molecular complexity index is 340. The van der Waals surface area contributed by atoms with Gasteiger partial charge in [0.2, 0.25) is 5.91 Å². The molecular weight excluding hydrogens is 262 g/mol. The Morgan fingerprint density at radius 3 is 2.80 bits per heavy atom. The molecule has 20 heavy (non-hydrogen) atoms. The van der Waals surface area contributed by atoms with Gasteiger partial charge in [-0.25, -0.2) is 4.79 Å². The van der Waals surface area contributed by atoms with E-state index < -0.39 is 12.1 Å². The van der Waals surface area contributed by atoms with Crippen LogP contribution in [-0.2, 0) is 23.8 Å². The van der Waals surface area contributed by atoms with Crippen molar-refractivity contribution in [3.8, 4) is 0 Å². The van der Waals surface area contributed by atoms with Crippen LogP contribution in [0.1, 0.15) is 32.1 Å². The number of rotatable bonds is 4. The molecule has 2 saturated heterocycles. The van der Waals surface area contributed by atoms with Gasteiger partial charge in [-0.1, -0.05) is 0 Å². The first-order valence-corrected chi connectivity index (χ1v) is 7.29. The number of methoxy groups -OCH3 is 1. The molecule has 2 fully saturated rings. The van der Waals surface area contributed by atoms with Crippen molar-refractivity contribution in [1.82, 2.24) is 4.90 Å². The van der Waals surface area contributed by atoms with Crippen LogP contribution in [0.4, 0.5) is 0 Å². The van der Waals surface area contributed by atoms with Crippen LogP contribution in [0.5, 0.6) is 0 Å². The molecule has 0 aliphatic carbocycles. The van der Waals surface area contributed by atoms with Crippen molar-refractivity contribution in [3.63, 3.8) is 0 Å². The normalized spacial score (nSPS) is 27.1. The minimum atomic E-state index is -0.649. The molecule has 6 heteroatoms. The summed E-state index contributed by atoms with van der Waals surface area (Å²) in [5, 5.41) is 0. The van der Waals surface area contributed by atoms with Crippen LogP contribution in [0, 0.1) is 0 Å². The summed E-state index contributed by atoms with van der Waals surface area (Å²) in [4.78, 5) is 25.3. The van der Waals surface area contributed by atoms with Crippen molar-refractivity contribution in [2.45, 2.75) is 44.3 Å². The first-order valence-electron chi connectivity index (χ1n) is 7.29. The predicted molar refractivity (Wildman–Crippen MR) is 71.2 cm³/mol. The van der Waals surface area contributed by atoms with E-state index in [2.05, 4.69) is 4.74 Å². The van der Waals surface area contributed by atoms with E-state index in [1.807, 2.05) is 0 Å². The number of ether oxygens (including phenoxy) is 3. The van der Waals surface area contributed by atoms with Gasteiger partial charge in [-0.05, 0) is 25.7 Å². The molecule has 2 aliphatic heterocycles. The lowest BCUT2D eigenvalue weighted by molar-refractivity contribution is -0.162. The molecule has 0 spiro atoms. The van der Waals surface area contributed by atoms with E-state index in [4.69, 9.17) is 9.47 Å². The summed E-state index contributed by atoms with van der Waals surface area (Å²) in [6.07, 6.45) is 4.14. The average Bonchev–Trinajstić information content (AvgIpc) is 2.53. The van der Waals surface area contributed by atoms with Crippen molar-refractivity contribution < 1.29 is 23.8 Å². The molecule has 0 N–H and O–H groups in total. The second kappa shape index (κ2) is 7.59. The Labute approximate surface area is 119 Å². The van der Waals surface area contributed by atoms with Gasteiger partial charge in [-0.15, -0.1) is 0 Å². The maximum atomic E-state index is 12.2. The summed E-state index contributed by atoms with van der Waals surface area (Å²) in [5.74, 6) is -0.352. The number of nitrogens with zero attached hydrogens (tertiary/aromatic N) is 1. The second-order valence-corrected chi connectivity index (χ2v) is 5.25. The van der Waals surface area contributed by atoms with E-state index in [9.17, 15) is 9.59 Å². The topological polar surface area (TPSA) is 65.1 Å². The highest BCUT2D eigenvalue weighted by atomic mass is 16.6. The van der Waals surface area contributed by atoms with Crippen molar-refractivity contribution >= 4 is 11.9 Å². The van der Waals surface area contributed by atoms with E-state index in [0.717, 1.165) is 25.9 Å². The van der Waals surface area contributed by atoms with Crippen molar-refractivity contribution in [2.75, 3.05) is 33.4 Å². The molecular formula is C14H23NO5. The van der Waals surface area contributed by atoms with Crippen LogP contribution in [0.3, 0.4) is 0 Å². The van der Waals surface area contributed by atoms with Gasteiger partial charge in [0.1, 0.15) is 0 Å². The van der Waals surface area contributed by atoms with E-state index in [1.165, 1.54) is 13.5 Å². The van der Waals surface area contributed by atoms with Crippen LogP contribution < -0.4 is 0 Å². The lowest BCUT2D eigenvalue weighted by Gasteiger charge is -2.32. The third-order valence-corrected chi connectivity index (χ3v) is 3.84. The van der Waals surface area contributed by atoms with Crippen LogP contribution >= 0.6 is 0 Å². The van der Waals surface area contributed by atoms with Gasteiger partial charge < -0.3 is 19.1 Å². The molecule has 0 saturated carbocycles. The molecule has 2 atom stereocenters. The van der Waals surface area contributed by atoms with E-state index in [0.29, 0.717) is 19.6 Å². The standard InChI is InChI=1S/C14H23NO5/c1-18-14(17)12-10-15(7-9-20-12)13(16)6-5-11-4-2-3-8-19-11/h11-12H,2-10H2,1H3. The highest BCUT2D eigenvalue weighted by molar-refractivity contribution is 5.79. The summed E-state index contributed by atoms with van der Waals surface area (Å²) >= 11 is 0. The second-order valence-electron chi connectivity index (χ2n) is 5.25. The molecule has 0 aromatic heterocycles. The fraction of sp³-hybridized carbons (Fsp3) is 0.857. The van der Waals surface area contributed by atoms with Gasteiger partial charge in [0, 0.05) is 19.6 Å². The van der Waals surface area contributed by atoms with Gasteiger partial charge in [-0.3, -0.25) is 4.79 Å². The molecule has 1 amide bonds. The number of amides is 1. The summed E-state index contributed by atoms with van der Waals surface area (Å²) in [5.41, 5.74) is 0. The zero-order valence-electron chi connectivity index (χ0n) is 12.0. The van der Waals surface area contributed by atoms with Gasteiger partial charge >= 0.3 is 5.97 Å². The van der Waals surface area contributed by atoms with E-state index >= 15 is 0 Å². The van der Waals surface area contributed by atoms with Crippen LogP contribution in [0.25, 0.3) is 0 Å². The molecule has 114 valence electrons. The maximum absolute atomic E-state index is 12.2. The van der Waals surface area contributed by atoms with Crippen molar-refractivity contribution in [2.24, 2.45) is 0 Å². The predicted octanol–water partition coefficient (Wildman–Crippen LogP) is 0.736. The average molecular weight is 285 g/mol. The summed E-state index contributed by atoms with van der Waals surface area (Å²) < 4.78 is 15.6. The largest absolute Gasteiger partial charge is 0.467 e. The molecule has 2 unspecified atom stereocenters. The van der Waals surface area contributed by atoms with Gasteiger partial charge in [0.25, 0.3) is 0 Å². The first-order chi connectivity index (χ1) is 9.70. The van der Waals surface area contributed by atoms with Crippen LogP contribution in [0.2, 0.25) is 0 Å². The minimum Gasteiger partial charge on any atom is -0.467 e. The highest BCUT2D eigenvalue weighted by Gasteiger charge is 2.30. The molecule has 0 aromatic rings. The SMILES string of the molecule is COC(=O)C1CN(C(=O)CCC2CCCCO2)CCO1. The van der Waals surface area contributed by atoms with Crippen molar-refractivity contribution in [3.05, 3.63) is 0 Å². The number of carbonyl (C=O) groups is 2. The number of hydrogen-bond acceptors (Lipinski definition) is 5. The Kier molecular flexibility index (Phi) is 5.79. The molecule has 6 nitrogen and oxygen atoms in total. The minimum absolute atomic E-state index is 0.0661. The zero-order chi connectivity index (χ0) is 14.4. The van der Waals surface area contributed by atoms with Gasteiger partial charge in [0.15, 0.2) is 6.10 Å². The highest BCUT2D eigenvalue weighted by Crippen LogP contribution is 2.18. The lowest BCUT2D eigenvalue weighted by Crippen LogP contribution is -2.49. The maximum Gasteiger partial charge on any atom is 0.336 e. The molecule has 0 bridgehead atoms. The quantitative estimate of drug-likeness (QED) is 0.713. The van der Waals surface area contributed by atoms with Crippen molar-refractivity contribution in [1.29, 1.82) is 0 Å². The van der Waals surface area contributed by atoms with Crippen LogP contribution in [-0.4, -0.2) is 62.4 Å². The Morgan fingerprint density at radius 1 is 1.25 bits per heavy atom. The smallest absolute Gasteiger partial charge is 0.336 e.